The molecule has 0 spiro atoms. The highest BCUT2D eigenvalue weighted by Crippen LogP contribution is 2.22. The van der Waals surface area contributed by atoms with Crippen molar-refractivity contribution in [3.05, 3.63) is 30.2 Å². The third kappa shape index (κ3) is 2.64. The summed E-state index contributed by atoms with van der Waals surface area (Å²) in [5, 5.41) is 0.102. The summed E-state index contributed by atoms with van der Waals surface area (Å²) in [5.41, 5.74) is 0.611. The highest BCUT2D eigenvalue weighted by Gasteiger charge is 2.24. The molecule has 0 aliphatic carbocycles. The summed E-state index contributed by atoms with van der Waals surface area (Å²) in [6.07, 6.45) is 1.84. The highest BCUT2D eigenvalue weighted by atomic mass is 32.2. The predicted molar refractivity (Wildman–Crippen MR) is 74.7 cm³/mol. The molecule has 0 amide bonds. The van der Waals surface area contributed by atoms with E-state index in [0.29, 0.717) is 5.52 Å². The molecule has 2 rings (SSSR count). The van der Waals surface area contributed by atoms with Gasteiger partial charge in [0.05, 0.1) is 5.52 Å². The molecule has 2 heterocycles. The van der Waals surface area contributed by atoms with E-state index in [4.69, 9.17) is 0 Å². The molecule has 0 unspecified atom stereocenters. The molecule has 104 valence electrons. The van der Waals surface area contributed by atoms with Gasteiger partial charge in [-0.3, -0.25) is 0 Å². The summed E-state index contributed by atoms with van der Waals surface area (Å²) < 4.78 is 29.0. The average Bonchev–Trinajstić information content (AvgIpc) is 2.67. The van der Waals surface area contributed by atoms with Gasteiger partial charge < -0.3 is 4.40 Å². The Balaban J connectivity index is 2.68. The van der Waals surface area contributed by atoms with Crippen molar-refractivity contribution in [1.29, 1.82) is 0 Å². The zero-order valence-electron chi connectivity index (χ0n) is 11.6. The number of aromatic nitrogens is 2. The third-order valence-electron chi connectivity index (χ3n) is 2.70. The molecule has 0 fully saturated rings. The molecule has 0 aromatic carbocycles. The van der Waals surface area contributed by atoms with Crippen molar-refractivity contribution in [2.75, 3.05) is 0 Å². The van der Waals surface area contributed by atoms with E-state index < -0.39 is 10.0 Å². The fraction of sp³-hybridized carbons (Fsp3) is 0.462. The normalized spacial score (nSPS) is 12.7. The van der Waals surface area contributed by atoms with Crippen LogP contribution in [0.15, 0.2) is 29.4 Å². The van der Waals surface area contributed by atoms with E-state index in [2.05, 4.69) is 9.71 Å². The molecule has 2 aromatic rings. The Labute approximate surface area is 113 Å². The summed E-state index contributed by atoms with van der Waals surface area (Å²) in [6, 6.07) is 5.30. The molecule has 2 aromatic heterocycles. The van der Waals surface area contributed by atoms with Gasteiger partial charge in [-0.05, 0) is 26.0 Å². The molecule has 0 saturated heterocycles. The molecule has 0 atom stereocenters. The number of fused-ring (bicyclic) bond motifs is 1. The Morgan fingerprint density at radius 1 is 1.21 bits per heavy atom. The monoisotopic (exact) mass is 281 g/mol. The van der Waals surface area contributed by atoms with Crippen LogP contribution in [0.2, 0.25) is 0 Å². The number of pyridine rings is 1. The van der Waals surface area contributed by atoms with Gasteiger partial charge in [-0.2, -0.15) is 0 Å². The molecule has 0 radical (unpaired) electrons. The molecule has 0 bridgehead atoms. The molecule has 0 aliphatic heterocycles. The number of imidazole rings is 1. The minimum absolute atomic E-state index is 0.102. The first-order valence-corrected chi connectivity index (χ1v) is 7.80. The first kappa shape index (κ1) is 14.0. The van der Waals surface area contributed by atoms with Gasteiger partial charge in [0.15, 0.2) is 5.03 Å². The molecular weight excluding hydrogens is 262 g/mol. The number of sulfonamides is 1. The maximum atomic E-state index is 12.3. The molecule has 6 heteroatoms. The molecular formula is C13H19N3O2S. The van der Waals surface area contributed by atoms with E-state index in [1.807, 2.05) is 36.6 Å². The Kier molecular flexibility index (Phi) is 3.64. The topological polar surface area (TPSA) is 63.5 Å². The second kappa shape index (κ2) is 4.94. The minimum atomic E-state index is -3.58. The van der Waals surface area contributed by atoms with E-state index in [0.717, 1.165) is 5.82 Å². The van der Waals surface area contributed by atoms with Crippen LogP contribution in [0.5, 0.6) is 0 Å². The van der Waals surface area contributed by atoms with E-state index in [9.17, 15) is 8.42 Å². The number of nitrogens with zero attached hydrogens (tertiary/aromatic N) is 2. The van der Waals surface area contributed by atoms with Crippen LogP contribution in [-0.4, -0.2) is 23.8 Å². The maximum Gasteiger partial charge on any atom is 0.260 e. The van der Waals surface area contributed by atoms with Crippen molar-refractivity contribution in [3.63, 3.8) is 0 Å². The van der Waals surface area contributed by atoms with Gasteiger partial charge in [0.25, 0.3) is 10.0 Å². The van der Waals surface area contributed by atoms with E-state index in [1.165, 1.54) is 0 Å². The minimum Gasteiger partial charge on any atom is -0.302 e. The largest absolute Gasteiger partial charge is 0.302 e. The van der Waals surface area contributed by atoms with Gasteiger partial charge in [-0.15, -0.1) is 0 Å². The van der Waals surface area contributed by atoms with Crippen molar-refractivity contribution >= 4 is 15.5 Å². The lowest BCUT2D eigenvalue weighted by Crippen LogP contribution is -2.30. The maximum absolute atomic E-state index is 12.3. The summed E-state index contributed by atoms with van der Waals surface area (Å²) in [6.45, 7) is 7.57. The zero-order chi connectivity index (χ0) is 14.2. The van der Waals surface area contributed by atoms with Crippen LogP contribution in [-0.2, 0) is 10.0 Å². The van der Waals surface area contributed by atoms with Crippen LogP contribution >= 0.6 is 0 Å². The molecule has 0 saturated carbocycles. The van der Waals surface area contributed by atoms with E-state index >= 15 is 0 Å². The second-order valence-corrected chi connectivity index (χ2v) is 6.79. The standard InChI is InChI=1S/C13H19N3O2S/c1-9(2)12-14-13(19(17,18)15-10(3)4)11-7-5-6-8-16(11)12/h5-10,15H,1-4H3. The number of rotatable bonds is 4. The van der Waals surface area contributed by atoms with Crippen molar-refractivity contribution in [3.8, 4) is 0 Å². The average molecular weight is 281 g/mol. The predicted octanol–water partition coefficient (Wildman–Crippen LogP) is 2.14. The van der Waals surface area contributed by atoms with Gasteiger partial charge in [0.1, 0.15) is 5.82 Å². The quantitative estimate of drug-likeness (QED) is 0.934. The third-order valence-corrected chi connectivity index (χ3v) is 4.29. The van der Waals surface area contributed by atoms with Crippen molar-refractivity contribution in [1.82, 2.24) is 14.1 Å². The number of hydrogen-bond acceptors (Lipinski definition) is 3. The lowest BCUT2D eigenvalue weighted by Gasteiger charge is -2.07. The van der Waals surface area contributed by atoms with Crippen LogP contribution in [0.3, 0.4) is 0 Å². The van der Waals surface area contributed by atoms with Crippen molar-refractivity contribution in [2.45, 2.75) is 44.7 Å². The molecule has 1 N–H and O–H groups in total. The fourth-order valence-corrected chi connectivity index (χ4v) is 3.39. The van der Waals surface area contributed by atoms with Crippen LogP contribution < -0.4 is 4.72 Å². The van der Waals surface area contributed by atoms with Crippen LogP contribution in [0.1, 0.15) is 39.4 Å². The molecule has 5 nitrogen and oxygen atoms in total. The van der Waals surface area contributed by atoms with E-state index in [-0.39, 0.29) is 17.0 Å². The van der Waals surface area contributed by atoms with Gasteiger partial charge in [0.2, 0.25) is 0 Å². The van der Waals surface area contributed by atoms with Gasteiger partial charge in [0, 0.05) is 18.2 Å². The van der Waals surface area contributed by atoms with E-state index in [1.54, 1.807) is 19.9 Å². The lowest BCUT2D eigenvalue weighted by molar-refractivity contribution is 0.567. The lowest BCUT2D eigenvalue weighted by atomic mass is 10.2. The first-order chi connectivity index (χ1) is 8.83. The smallest absolute Gasteiger partial charge is 0.260 e. The van der Waals surface area contributed by atoms with Crippen LogP contribution in [0, 0.1) is 0 Å². The number of hydrogen-bond donors (Lipinski definition) is 1. The molecule has 19 heavy (non-hydrogen) atoms. The van der Waals surface area contributed by atoms with Gasteiger partial charge in [-0.25, -0.2) is 18.1 Å². The van der Waals surface area contributed by atoms with Crippen molar-refractivity contribution < 1.29 is 8.42 Å². The van der Waals surface area contributed by atoms with Gasteiger partial charge >= 0.3 is 0 Å². The Bertz CT molecular complexity index is 687. The van der Waals surface area contributed by atoms with Crippen LogP contribution in [0.25, 0.3) is 5.52 Å². The molecule has 0 aliphatic rings. The van der Waals surface area contributed by atoms with Crippen LogP contribution in [0.4, 0.5) is 0 Å². The van der Waals surface area contributed by atoms with Gasteiger partial charge in [-0.1, -0.05) is 19.9 Å². The Morgan fingerprint density at radius 3 is 2.47 bits per heavy atom. The summed E-state index contributed by atoms with van der Waals surface area (Å²) >= 11 is 0. The summed E-state index contributed by atoms with van der Waals surface area (Å²) in [7, 11) is -3.58. The summed E-state index contributed by atoms with van der Waals surface area (Å²) in [5.74, 6) is 0.901. The summed E-state index contributed by atoms with van der Waals surface area (Å²) in [4.78, 5) is 4.33. The number of nitrogens with one attached hydrogen (secondary N) is 1. The first-order valence-electron chi connectivity index (χ1n) is 6.32. The fourth-order valence-electron chi connectivity index (χ4n) is 2.00. The Morgan fingerprint density at radius 2 is 1.89 bits per heavy atom. The van der Waals surface area contributed by atoms with Crippen molar-refractivity contribution in [2.24, 2.45) is 0 Å². The Hall–Kier alpha value is -1.40. The highest BCUT2D eigenvalue weighted by molar-refractivity contribution is 7.89. The zero-order valence-corrected chi connectivity index (χ0v) is 12.4. The SMILES string of the molecule is CC(C)NS(=O)(=O)c1nc(C(C)C)n2ccccc12. The second-order valence-electron chi connectivity index (χ2n) is 5.16.